The molecule has 1 aromatic rings. The van der Waals surface area contributed by atoms with Crippen molar-refractivity contribution in [2.24, 2.45) is 5.92 Å². The number of aliphatic carboxylic acids is 2. The van der Waals surface area contributed by atoms with Crippen LogP contribution < -0.4 is 0 Å². The molecule has 1 unspecified atom stereocenters. The summed E-state index contributed by atoms with van der Waals surface area (Å²) in [6.45, 7) is 0. The van der Waals surface area contributed by atoms with Gasteiger partial charge in [0.25, 0.3) is 0 Å². The van der Waals surface area contributed by atoms with Gasteiger partial charge in [-0.05, 0) is 17.7 Å². The van der Waals surface area contributed by atoms with E-state index in [1.165, 1.54) is 17.8 Å². The molecule has 2 N–H and O–H groups in total. The van der Waals surface area contributed by atoms with Gasteiger partial charge in [-0.1, -0.05) is 30.0 Å². The number of fused-ring (bicyclic) bond motifs is 1. The molecule has 0 fully saturated rings. The van der Waals surface area contributed by atoms with Crippen LogP contribution in [0.1, 0.15) is 5.56 Å². The van der Waals surface area contributed by atoms with Crippen molar-refractivity contribution < 1.29 is 24.6 Å². The predicted molar refractivity (Wildman–Crippen MR) is 74.9 cm³/mol. The lowest BCUT2D eigenvalue weighted by Crippen LogP contribution is -2.34. The van der Waals surface area contributed by atoms with Gasteiger partial charge < -0.3 is 10.2 Å². The van der Waals surface area contributed by atoms with Crippen LogP contribution in [0, 0.1) is 5.92 Å². The SMILES string of the molecule is O=C(O)C1=CC2=C(Cc3ccccc3S2)C(=O)C1C(=O)O. The fourth-order valence-electron chi connectivity index (χ4n) is 2.50. The number of carbonyl (C=O) groups excluding carboxylic acids is 1. The van der Waals surface area contributed by atoms with Crippen molar-refractivity contribution in [3.63, 3.8) is 0 Å². The van der Waals surface area contributed by atoms with Crippen molar-refractivity contribution in [3.05, 3.63) is 52.0 Å². The van der Waals surface area contributed by atoms with Gasteiger partial charge in [0.1, 0.15) is 0 Å². The highest BCUT2D eigenvalue weighted by Crippen LogP contribution is 2.43. The van der Waals surface area contributed by atoms with Gasteiger partial charge in [0, 0.05) is 21.8 Å². The van der Waals surface area contributed by atoms with Gasteiger partial charge >= 0.3 is 11.9 Å². The highest BCUT2D eigenvalue weighted by molar-refractivity contribution is 8.03. The minimum absolute atomic E-state index is 0.338. The molecule has 0 spiro atoms. The highest BCUT2D eigenvalue weighted by Gasteiger charge is 2.41. The Kier molecular flexibility index (Phi) is 3.17. The molecular weight excluding hydrogens is 292 g/mol. The molecule has 6 heteroatoms. The first-order chi connectivity index (χ1) is 9.99. The molecule has 3 rings (SSSR count). The van der Waals surface area contributed by atoms with Crippen molar-refractivity contribution in [1.82, 2.24) is 0 Å². The maximum atomic E-state index is 12.4. The summed E-state index contributed by atoms with van der Waals surface area (Å²) in [5, 5.41) is 18.3. The molecule has 0 aromatic heterocycles. The van der Waals surface area contributed by atoms with Gasteiger partial charge in [0.2, 0.25) is 0 Å². The van der Waals surface area contributed by atoms with Gasteiger partial charge in [-0.2, -0.15) is 0 Å². The number of thioether (sulfide) groups is 1. The Balaban J connectivity index is 2.11. The second-order valence-electron chi connectivity index (χ2n) is 4.77. The fourth-order valence-corrected chi connectivity index (χ4v) is 3.64. The van der Waals surface area contributed by atoms with E-state index in [4.69, 9.17) is 10.2 Å². The normalized spacial score (nSPS) is 20.5. The Morgan fingerprint density at radius 1 is 1.19 bits per heavy atom. The Labute approximate surface area is 124 Å². The van der Waals surface area contributed by atoms with E-state index in [1.807, 2.05) is 24.3 Å². The van der Waals surface area contributed by atoms with Crippen LogP contribution >= 0.6 is 11.8 Å². The van der Waals surface area contributed by atoms with Crippen molar-refractivity contribution >= 4 is 29.5 Å². The molecule has 106 valence electrons. The van der Waals surface area contributed by atoms with Gasteiger partial charge in [-0.15, -0.1) is 0 Å². The molecule has 0 saturated carbocycles. The molecule has 2 aliphatic rings. The van der Waals surface area contributed by atoms with E-state index < -0.39 is 23.6 Å². The third-order valence-electron chi connectivity index (χ3n) is 3.51. The van der Waals surface area contributed by atoms with Crippen molar-refractivity contribution in [2.45, 2.75) is 11.3 Å². The summed E-state index contributed by atoms with van der Waals surface area (Å²) in [4.78, 5) is 36.3. The van der Waals surface area contributed by atoms with E-state index in [1.54, 1.807) is 0 Å². The number of carboxylic acid groups (broad SMARTS) is 2. The van der Waals surface area contributed by atoms with Crippen LogP contribution in [0.25, 0.3) is 0 Å². The second kappa shape index (κ2) is 4.89. The Morgan fingerprint density at radius 2 is 1.90 bits per heavy atom. The third kappa shape index (κ3) is 2.17. The average molecular weight is 302 g/mol. The molecule has 21 heavy (non-hydrogen) atoms. The molecule has 1 aliphatic heterocycles. The number of Topliss-reactive ketones (excluding diaryl/α,β-unsaturated/α-hetero) is 1. The topological polar surface area (TPSA) is 91.7 Å². The molecule has 1 heterocycles. The maximum Gasteiger partial charge on any atom is 0.332 e. The lowest BCUT2D eigenvalue weighted by Gasteiger charge is -2.26. The fraction of sp³-hybridized carbons (Fsp3) is 0.133. The number of hydrogen-bond donors (Lipinski definition) is 2. The summed E-state index contributed by atoms with van der Waals surface area (Å²) in [6.07, 6.45) is 1.66. The van der Waals surface area contributed by atoms with Crippen molar-refractivity contribution in [1.29, 1.82) is 0 Å². The molecule has 0 amide bonds. The molecule has 5 nitrogen and oxygen atoms in total. The zero-order chi connectivity index (χ0) is 15.1. The minimum atomic E-state index is -1.62. The molecule has 0 saturated heterocycles. The van der Waals surface area contributed by atoms with Gasteiger partial charge in [0.05, 0.1) is 5.57 Å². The number of rotatable bonds is 2. The molecule has 0 radical (unpaired) electrons. The van der Waals surface area contributed by atoms with Gasteiger partial charge in [-0.25, -0.2) is 4.79 Å². The van der Waals surface area contributed by atoms with Crippen molar-refractivity contribution in [2.75, 3.05) is 0 Å². The summed E-state index contributed by atoms with van der Waals surface area (Å²) in [5.74, 6) is -5.04. The molecule has 1 atom stereocenters. The first-order valence-corrected chi connectivity index (χ1v) is 7.01. The molecule has 0 bridgehead atoms. The number of benzene rings is 1. The summed E-state index contributed by atoms with van der Waals surface area (Å²) in [7, 11) is 0. The summed E-state index contributed by atoms with van der Waals surface area (Å²) in [5.41, 5.74) is 0.958. The van der Waals surface area contributed by atoms with Crippen LogP contribution in [0.4, 0.5) is 0 Å². The number of carboxylic acids is 2. The van der Waals surface area contributed by atoms with E-state index in [0.717, 1.165) is 10.5 Å². The zero-order valence-electron chi connectivity index (χ0n) is 10.7. The number of allylic oxidation sites excluding steroid dienone is 2. The van der Waals surface area contributed by atoms with Gasteiger partial charge in [-0.3, -0.25) is 9.59 Å². The largest absolute Gasteiger partial charge is 0.480 e. The summed E-state index contributed by atoms with van der Waals surface area (Å²) in [6, 6.07) is 7.49. The standard InChI is InChI=1S/C15H10O5S/c16-13-8-5-7-3-1-2-4-10(7)21-11(8)6-9(14(17)18)12(13)15(19)20/h1-4,6,12H,5H2,(H,17,18)(H,19,20). The lowest BCUT2D eigenvalue weighted by molar-refractivity contribution is -0.147. The van der Waals surface area contributed by atoms with Crippen LogP contribution in [0.5, 0.6) is 0 Å². The number of ketones is 1. The van der Waals surface area contributed by atoms with Crippen LogP contribution in [0.3, 0.4) is 0 Å². The first kappa shape index (κ1) is 13.6. The summed E-state index contributed by atoms with van der Waals surface area (Å²) >= 11 is 1.31. The average Bonchev–Trinajstić information content (AvgIpc) is 2.44. The van der Waals surface area contributed by atoms with Crippen LogP contribution in [-0.2, 0) is 20.8 Å². The Bertz CT molecular complexity index is 744. The number of hydrogen-bond acceptors (Lipinski definition) is 4. The zero-order valence-corrected chi connectivity index (χ0v) is 11.5. The molecule has 1 aromatic carbocycles. The predicted octanol–water partition coefficient (Wildman–Crippen LogP) is 1.88. The Hall–Kier alpha value is -2.34. The van der Waals surface area contributed by atoms with Crippen molar-refractivity contribution in [3.8, 4) is 0 Å². The van der Waals surface area contributed by atoms with E-state index in [0.29, 0.717) is 16.9 Å². The monoisotopic (exact) mass is 302 g/mol. The maximum absolute atomic E-state index is 12.4. The van der Waals surface area contributed by atoms with E-state index in [9.17, 15) is 14.4 Å². The quantitative estimate of drug-likeness (QED) is 0.811. The lowest BCUT2D eigenvalue weighted by atomic mass is 9.83. The minimum Gasteiger partial charge on any atom is -0.480 e. The first-order valence-electron chi connectivity index (χ1n) is 6.20. The number of carbonyl (C=O) groups is 3. The highest BCUT2D eigenvalue weighted by atomic mass is 32.2. The third-order valence-corrected chi connectivity index (χ3v) is 4.71. The molecular formula is C15H10O5S. The van der Waals surface area contributed by atoms with E-state index >= 15 is 0 Å². The molecule has 1 aliphatic carbocycles. The second-order valence-corrected chi connectivity index (χ2v) is 5.85. The van der Waals surface area contributed by atoms with Crippen LogP contribution in [0.15, 0.2) is 51.3 Å². The van der Waals surface area contributed by atoms with Crippen LogP contribution in [-0.4, -0.2) is 27.9 Å². The van der Waals surface area contributed by atoms with Crippen LogP contribution in [0.2, 0.25) is 0 Å². The summed E-state index contributed by atoms with van der Waals surface area (Å²) < 4.78 is 0. The van der Waals surface area contributed by atoms with E-state index in [-0.39, 0.29) is 5.57 Å². The van der Waals surface area contributed by atoms with Gasteiger partial charge in [0.15, 0.2) is 11.7 Å². The van der Waals surface area contributed by atoms with E-state index in [2.05, 4.69) is 0 Å². The smallest absolute Gasteiger partial charge is 0.332 e. The Morgan fingerprint density at radius 3 is 2.57 bits per heavy atom.